The highest BCUT2D eigenvalue weighted by molar-refractivity contribution is 5.49. The second-order valence-corrected chi connectivity index (χ2v) is 6.05. The molecule has 0 N–H and O–H groups in total. The number of pyridine rings is 1. The monoisotopic (exact) mass is 414 g/mol. The molecule has 10 heteroatoms. The average Bonchev–Trinajstić information content (AvgIpc) is 2.56. The van der Waals surface area contributed by atoms with E-state index in [1.165, 1.54) is 37.6 Å². The first kappa shape index (κ1) is 18.9. The molecule has 1 aromatic carbocycles. The molecule has 0 amide bonds. The van der Waals surface area contributed by atoms with Crippen molar-refractivity contribution in [2.45, 2.75) is 20.0 Å². The van der Waals surface area contributed by atoms with Crippen LogP contribution < -0.4 is 21.7 Å². The van der Waals surface area contributed by atoms with E-state index in [1.54, 1.807) is 13.8 Å². The molecular formula is C15H15BrN2O7. The SMILES string of the molecule is COc1ccc([N+](=O)[O-])cc1OC(C)c1nccc(O[Br+2]([O-])[O-])c1C. The maximum atomic E-state index is 10.9. The van der Waals surface area contributed by atoms with E-state index in [0.717, 1.165) is 0 Å². The third-order valence-electron chi connectivity index (χ3n) is 3.39. The van der Waals surface area contributed by atoms with Gasteiger partial charge in [-0.05, 0) is 19.9 Å². The topological polar surface area (TPSA) is 130 Å². The number of hydrogen-bond acceptors (Lipinski definition) is 8. The van der Waals surface area contributed by atoms with E-state index in [9.17, 15) is 18.5 Å². The highest BCUT2D eigenvalue weighted by Crippen LogP contribution is 2.35. The Labute approximate surface area is 148 Å². The normalized spacial score (nSPS) is 11.9. The van der Waals surface area contributed by atoms with E-state index >= 15 is 0 Å². The van der Waals surface area contributed by atoms with Crippen LogP contribution in [0.4, 0.5) is 5.69 Å². The Morgan fingerprint density at radius 1 is 1.20 bits per heavy atom. The molecule has 1 atom stereocenters. The number of nitro benzene ring substituents is 1. The minimum absolute atomic E-state index is 0.144. The van der Waals surface area contributed by atoms with Gasteiger partial charge < -0.3 is 17.9 Å². The fraction of sp³-hybridized carbons (Fsp3) is 0.267. The Morgan fingerprint density at radius 2 is 1.92 bits per heavy atom. The van der Waals surface area contributed by atoms with Gasteiger partial charge in [0, 0.05) is 23.9 Å². The predicted octanol–water partition coefficient (Wildman–Crippen LogP) is 0.912. The lowest BCUT2D eigenvalue weighted by atomic mass is 10.1. The van der Waals surface area contributed by atoms with Gasteiger partial charge in [0.25, 0.3) is 5.69 Å². The number of non-ortho nitro benzene ring substituents is 1. The molecule has 2 aromatic rings. The van der Waals surface area contributed by atoms with Crippen molar-refractivity contribution >= 4 is 5.69 Å². The third kappa shape index (κ3) is 4.56. The van der Waals surface area contributed by atoms with Crippen molar-refractivity contribution in [1.82, 2.24) is 4.98 Å². The summed E-state index contributed by atoms with van der Waals surface area (Å²) >= 11 is -3.42. The van der Waals surface area contributed by atoms with Crippen molar-refractivity contribution in [3.05, 3.63) is 51.8 Å². The molecule has 1 unspecified atom stereocenters. The molecule has 0 spiro atoms. The van der Waals surface area contributed by atoms with E-state index < -0.39 is 25.8 Å². The zero-order chi connectivity index (χ0) is 18.6. The van der Waals surface area contributed by atoms with Gasteiger partial charge in [0.2, 0.25) is 5.75 Å². The van der Waals surface area contributed by atoms with Crippen molar-refractivity contribution in [2.75, 3.05) is 7.11 Å². The highest BCUT2D eigenvalue weighted by atomic mass is 80.0. The molecule has 134 valence electrons. The van der Waals surface area contributed by atoms with Crippen LogP contribution in [0.15, 0.2) is 30.5 Å². The first-order valence-electron chi connectivity index (χ1n) is 7.02. The van der Waals surface area contributed by atoms with Crippen molar-refractivity contribution in [3.63, 3.8) is 0 Å². The maximum absolute atomic E-state index is 10.9. The molecule has 1 aromatic heterocycles. The zero-order valence-electron chi connectivity index (χ0n) is 13.6. The number of rotatable bonds is 7. The summed E-state index contributed by atoms with van der Waals surface area (Å²) in [5.41, 5.74) is 0.791. The van der Waals surface area contributed by atoms with Gasteiger partial charge in [-0.2, -0.15) is 0 Å². The van der Waals surface area contributed by atoms with Crippen LogP contribution in [0.1, 0.15) is 24.3 Å². The summed E-state index contributed by atoms with van der Waals surface area (Å²) < 4.78 is 37.3. The smallest absolute Gasteiger partial charge is 0.493 e. The molecule has 2 rings (SSSR count). The molecule has 0 radical (unpaired) electrons. The summed E-state index contributed by atoms with van der Waals surface area (Å²) in [5, 5.41) is 10.9. The van der Waals surface area contributed by atoms with Crippen LogP contribution in [0, 0.1) is 31.9 Å². The van der Waals surface area contributed by atoms with Crippen molar-refractivity contribution < 1.29 is 41.4 Å². The van der Waals surface area contributed by atoms with Gasteiger partial charge in [0.05, 0.1) is 23.8 Å². The predicted molar refractivity (Wildman–Crippen MR) is 78.3 cm³/mol. The number of ether oxygens (including phenoxy) is 2. The second kappa shape index (κ2) is 8.10. The Morgan fingerprint density at radius 3 is 2.52 bits per heavy atom. The molecule has 0 saturated carbocycles. The lowest BCUT2D eigenvalue weighted by Gasteiger charge is -2.18. The van der Waals surface area contributed by atoms with Crippen LogP contribution >= 0.6 is 0 Å². The maximum Gasteiger partial charge on any atom is 0.501 e. The molecule has 0 aliphatic carbocycles. The molecule has 1 heterocycles. The number of hydrogen-bond donors (Lipinski definition) is 0. The minimum Gasteiger partial charge on any atom is -0.493 e. The van der Waals surface area contributed by atoms with Crippen LogP contribution in [0.3, 0.4) is 0 Å². The van der Waals surface area contributed by atoms with Crippen LogP contribution in [-0.2, 0) is 0 Å². The van der Waals surface area contributed by atoms with Crippen LogP contribution in [0.5, 0.6) is 17.2 Å². The number of methoxy groups -OCH3 is 1. The van der Waals surface area contributed by atoms with Gasteiger partial charge in [-0.1, -0.05) is 0 Å². The van der Waals surface area contributed by atoms with Gasteiger partial charge >= 0.3 is 14.8 Å². The molecule has 0 aliphatic rings. The molecule has 25 heavy (non-hydrogen) atoms. The summed E-state index contributed by atoms with van der Waals surface area (Å²) in [7, 11) is 1.42. The number of nitrogens with zero attached hydrogens (tertiary/aromatic N) is 2. The summed E-state index contributed by atoms with van der Waals surface area (Å²) in [6.07, 6.45) is 0.765. The third-order valence-corrected chi connectivity index (χ3v) is 4.00. The van der Waals surface area contributed by atoms with E-state index in [2.05, 4.69) is 4.98 Å². The lowest BCUT2D eigenvalue weighted by Crippen LogP contribution is -2.37. The molecule has 9 nitrogen and oxygen atoms in total. The fourth-order valence-corrected chi connectivity index (χ4v) is 2.85. The number of halogens is 1. The zero-order valence-corrected chi connectivity index (χ0v) is 15.2. The van der Waals surface area contributed by atoms with Gasteiger partial charge in [0.15, 0.2) is 11.5 Å². The van der Waals surface area contributed by atoms with Crippen molar-refractivity contribution in [3.8, 4) is 17.2 Å². The quantitative estimate of drug-likeness (QED) is 0.482. The van der Waals surface area contributed by atoms with Crippen LogP contribution in [-0.4, -0.2) is 17.0 Å². The fourth-order valence-electron chi connectivity index (χ4n) is 2.21. The number of benzene rings is 1. The van der Waals surface area contributed by atoms with E-state index in [0.29, 0.717) is 17.0 Å². The average molecular weight is 415 g/mol. The van der Waals surface area contributed by atoms with E-state index in [4.69, 9.17) is 13.3 Å². The summed E-state index contributed by atoms with van der Waals surface area (Å²) in [6, 6.07) is 5.42. The number of nitro groups is 1. The van der Waals surface area contributed by atoms with Gasteiger partial charge in [-0.25, -0.2) is 0 Å². The summed E-state index contributed by atoms with van der Waals surface area (Å²) in [4.78, 5) is 14.6. The van der Waals surface area contributed by atoms with Crippen LogP contribution in [0.25, 0.3) is 0 Å². The minimum atomic E-state index is -3.42. The first-order chi connectivity index (χ1) is 11.8. The first-order valence-corrected chi connectivity index (χ1v) is 8.96. The molecule has 0 aliphatic heterocycles. The molecule has 0 saturated heterocycles. The largest absolute Gasteiger partial charge is 0.501 e. The highest BCUT2D eigenvalue weighted by Gasteiger charge is 2.23. The summed E-state index contributed by atoms with van der Waals surface area (Å²) in [5.74, 6) is 0.660. The van der Waals surface area contributed by atoms with Crippen LogP contribution in [0.2, 0.25) is 0 Å². The van der Waals surface area contributed by atoms with Crippen molar-refractivity contribution in [1.29, 1.82) is 0 Å². The van der Waals surface area contributed by atoms with Gasteiger partial charge in [-0.15, -0.1) is 3.83 Å². The summed E-state index contributed by atoms with van der Waals surface area (Å²) in [6.45, 7) is 3.32. The van der Waals surface area contributed by atoms with E-state index in [1.807, 2.05) is 0 Å². The van der Waals surface area contributed by atoms with Gasteiger partial charge in [-0.3, -0.25) is 15.1 Å². The Kier molecular flexibility index (Phi) is 6.12. The molecule has 0 fully saturated rings. The lowest BCUT2D eigenvalue weighted by molar-refractivity contribution is -1.62. The molecule has 0 bridgehead atoms. The second-order valence-electron chi connectivity index (χ2n) is 4.94. The van der Waals surface area contributed by atoms with E-state index in [-0.39, 0.29) is 17.2 Å². The Hall–Kier alpha value is -2.43. The number of aromatic nitrogens is 1. The van der Waals surface area contributed by atoms with Gasteiger partial charge in [0.1, 0.15) is 6.10 Å². The van der Waals surface area contributed by atoms with Crippen molar-refractivity contribution in [2.24, 2.45) is 0 Å². The molecular weight excluding hydrogens is 400 g/mol. The Bertz CT molecular complexity index is 770. The Balaban J connectivity index is 2.32. The standard InChI is InChI=1S/C15H15BrN2O7/c1-9-12(25-16(19)20)6-7-17-15(9)10(2)24-14-8-11(18(21)22)4-5-13(14)23-3/h4-8,10H,1-3H3.